The molecule has 2 aliphatic rings. The molecule has 32 heavy (non-hydrogen) atoms. The van der Waals surface area contributed by atoms with Crippen LogP contribution in [0.2, 0.25) is 0 Å². The maximum atomic E-state index is 10.2. The summed E-state index contributed by atoms with van der Waals surface area (Å²) >= 11 is 0. The van der Waals surface area contributed by atoms with Crippen LogP contribution in [-0.2, 0) is 16.7 Å². The van der Waals surface area contributed by atoms with Crippen molar-refractivity contribution in [3.05, 3.63) is 65.2 Å². The highest BCUT2D eigenvalue weighted by molar-refractivity contribution is 5.87. The monoisotopic (exact) mass is 443 g/mol. The second kappa shape index (κ2) is 11.5. The van der Waals surface area contributed by atoms with Crippen LogP contribution in [0.5, 0.6) is 5.75 Å². The minimum Gasteiger partial charge on any atom is -0.508 e. The zero-order valence-electron chi connectivity index (χ0n) is 18.4. The number of carbonyl (C=O) groups excluding carboxylic acids is 1. The van der Waals surface area contributed by atoms with Crippen molar-refractivity contribution in [3.63, 3.8) is 0 Å². The molecular weight excluding hydrogens is 410 g/mol. The molecule has 0 heterocycles. The molecule has 2 bridgehead atoms. The molecular formula is C24H33N3O5. The van der Waals surface area contributed by atoms with E-state index in [4.69, 9.17) is 10.8 Å². The molecule has 174 valence electrons. The first-order valence-electron chi connectivity index (χ1n) is 10.7. The number of primary amides is 1. The van der Waals surface area contributed by atoms with Crippen LogP contribution >= 0.6 is 0 Å². The van der Waals surface area contributed by atoms with E-state index in [-0.39, 0.29) is 11.5 Å². The maximum Gasteiger partial charge on any atom is 0.423 e. The fourth-order valence-corrected chi connectivity index (χ4v) is 4.62. The van der Waals surface area contributed by atoms with E-state index in [0.717, 1.165) is 12.8 Å². The lowest BCUT2D eigenvalue weighted by molar-refractivity contribution is 0.0696. The molecule has 8 heteroatoms. The van der Waals surface area contributed by atoms with Crippen LogP contribution in [0.4, 0.5) is 4.79 Å². The van der Waals surface area contributed by atoms with E-state index in [0.29, 0.717) is 17.2 Å². The molecule has 1 amide bonds. The van der Waals surface area contributed by atoms with Gasteiger partial charge in [0.25, 0.3) is 0 Å². The van der Waals surface area contributed by atoms with Gasteiger partial charge in [-0.25, -0.2) is 9.59 Å². The number of aromatic hydroxyl groups is 1. The molecule has 0 aromatic heterocycles. The van der Waals surface area contributed by atoms with Crippen LogP contribution in [0.3, 0.4) is 0 Å². The van der Waals surface area contributed by atoms with Crippen molar-refractivity contribution >= 4 is 12.1 Å². The number of fused-ring (bicyclic) bond motifs is 4. The van der Waals surface area contributed by atoms with Crippen LogP contribution < -0.4 is 17.4 Å². The van der Waals surface area contributed by atoms with E-state index in [1.165, 1.54) is 36.8 Å². The molecule has 3 atom stereocenters. The van der Waals surface area contributed by atoms with Crippen molar-refractivity contribution in [1.29, 1.82) is 0 Å². The van der Waals surface area contributed by atoms with E-state index in [1.807, 2.05) is 12.1 Å². The van der Waals surface area contributed by atoms with Gasteiger partial charge in [0, 0.05) is 11.5 Å². The number of phenolic OH excluding ortho intramolecular Hbond substituents is 1. The first kappa shape index (κ1) is 25.2. The zero-order chi connectivity index (χ0) is 23.7. The lowest BCUT2D eigenvalue weighted by Gasteiger charge is -2.47. The van der Waals surface area contributed by atoms with Crippen LogP contribution in [0, 0.1) is 5.92 Å². The van der Waals surface area contributed by atoms with E-state index < -0.39 is 12.1 Å². The minimum absolute atomic E-state index is 0.0530. The van der Waals surface area contributed by atoms with Crippen molar-refractivity contribution in [2.24, 2.45) is 23.3 Å². The lowest BCUT2D eigenvalue weighted by atomic mass is 9.60. The normalized spacial score (nSPS) is 23.5. The Morgan fingerprint density at radius 2 is 1.75 bits per heavy atom. The molecule has 1 fully saturated rings. The molecule has 2 aromatic carbocycles. The van der Waals surface area contributed by atoms with E-state index in [2.05, 4.69) is 29.5 Å². The summed E-state index contributed by atoms with van der Waals surface area (Å²) in [6.07, 6.45) is 6.44. The van der Waals surface area contributed by atoms with Crippen molar-refractivity contribution < 1.29 is 24.6 Å². The highest BCUT2D eigenvalue weighted by atomic mass is 16.7. The largest absolute Gasteiger partial charge is 0.508 e. The molecule has 0 saturated heterocycles. The molecule has 4 rings (SSSR count). The minimum atomic E-state index is -0.968. The zero-order valence-corrected chi connectivity index (χ0v) is 18.4. The number of carbonyl (C=O) groups is 2. The highest BCUT2D eigenvalue weighted by Crippen LogP contribution is 2.46. The third-order valence-electron chi connectivity index (χ3n) is 6.34. The Labute approximate surface area is 188 Å². The van der Waals surface area contributed by atoms with Gasteiger partial charge in [-0.1, -0.05) is 50.5 Å². The first-order valence-corrected chi connectivity index (χ1v) is 10.7. The summed E-state index contributed by atoms with van der Waals surface area (Å²) < 4.78 is 0. The Kier molecular flexibility index (Phi) is 9.04. The Balaban J connectivity index is 0.000000216. The smallest absolute Gasteiger partial charge is 0.423 e. The predicted molar refractivity (Wildman–Crippen MR) is 122 cm³/mol. The molecule has 8 nitrogen and oxygen atoms in total. The summed E-state index contributed by atoms with van der Waals surface area (Å²) in [6, 6.07) is 14.4. The second-order valence-electron chi connectivity index (χ2n) is 8.46. The number of phenols is 1. The summed E-state index contributed by atoms with van der Waals surface area (Å²) in [4.78, 5) is 22.8. The van der Waals surface area contributed by atoms with Gasteiger partial charge in [-0.05, 0) is 60.6 Å². The quantitative estimate of drug-likeness (QED) is 0.421. The summed E-state index contributed by atoms with van der Waals surface area (Å²) in [5, 5.41) is 18.2. The number of carboxylic acid groups (broad SMARTS) is 1. The fraction of sp³-hybridized carbons (Fsp3) is 0.417. The van der Waals surface area contributed by atoms with Gasteiger partial charge in [0.1, 0.15) is 5.75 Å². The van der Waals surface area contributed by atoms with Crippen molar-refractivity contribution in [3.8, 4) is 5.75 Å². The second-order valence-corrected chi connectivity index (χ2v) is 8.46. The van der Waals surface area contributed by atoms with Crippen molar-refractivity contribution in [2.45, 2.75) is 56.9 Å². The number of amides is 1. The molecule has 2 aliphatic carbocycles. The molecule has 2 aromatic rings. The summed E-state index contributed by atoms with van der Waals surface area (Å²) in [7, 11) is 0. The number of benzene rings is 2. The van der Waals surface area contributed by atoms with Crippen molar-refractivity contribution in [2.75, 3.05) is 0 Å². The van der Waals surface area contributed by atoms with Crippen LogP contribution in [0.1, 0.15) is 60.5 Å². The number of nitrogens with two attached hydrogens (primary N) is 3. The predicted octanol–water partition coefficient (Wildman–Crippen LogP) is 3.45. The topological polar surface area (TPSA) is 162 Å². The van der Waals surface area contributed by atoms with E-state index in [9.17, 15) is 14.7 Å². The first-order chi connectivity index (χ1) is 15.2. The lowest BCUT2D eigenvalue weighted by Crippen LogP contribution is -2.52. The molecule has 0 aliphatic heterocycles. The van der Waals surface area contributed by atoms with E-state index >= 15 is 0 Å². The SMILES string of the molecule is C[C@@]12CCCCC[C@@H](Cc3ccc(O)cc31)[C@@H]2N.NOC(N)=O.O=C(O)c1ccccc1. The number of hydrogen-bond donors (Lipinski definition) is 5. The third kappa shape index (κ3) is 6.45. The average molecular weight is 444 g/mol. The molecule has 0 radical (unpaired) electrons. The Morgan fingerprint density at radius 1 is 1.09 bits per heavy atom. The average Bonchev–Trinajstić information content (AvgIpc) is 2.78. The van der Waals surface area contributed by atoms with Crippen LogP contribution in [0.25, 0.3) is 0 Å². The van der Waals surface area contributed by atoms with Gasteiger partial charge in [0.2, 0.25) is 0 Å². The number of rotatable bonds is 1. The summed E-state index contributed by atoms with van der Waals surface area (Å²) in [5.41, 5.74) is 14.0. The standard InChI is InChI=1S/C16H23NO.C7H6O2.CH4N2O2/c1-16-8-4-2-3-5-12(15(16)17)9-11-6-7-13(18)10-14(11)16;8-7(9)6-4-2-1-3-5-6;2-1(4)5-3/h6-7,10,12,15,18H,2-5,8-9,17H2,1H3;1-5H,(H,8,9);3H2,(H2,2,4)/t12-,15-,16+;;/m0../s1. The summed E-state index contributed by atoms with van der Waals surface area (Å²) in [5.74, 6) is 4.31. The van der Waals surface area contributed by atoms with Gasteiger partial charge in [-0.15, -0.1) is 0 Å². The van der Waals surface area contributed by atoms with Gasteiger partial charge in [-0.3, -0.25) is 0 Å². The molecule has 8 N–H and O–H groups in total. The maximum absolute atomic E-state index is 10.2. The number of aromatic carboxylic acids is 1. The van der Waals surface area contributed by atoms with Crippen LogP contribution in [0.15, 0.2) is 48.5 Å². The third-order valence-corrected chi connectivity index (χ3v) is 6.34. The highest BCUT2D eigenvalue weighted by Gasteiger charge is 2.43. The van der Waals surface area contributed by atoms with Gasteiger partial charge in [0.05, 0.1) is 5.56 Å². The van der Waals surface area contributed by atoms with E-state index in [1.54, 1.807) is 30.3 Å². The fourth-order valence-electron chi connectivity index (χ4n) is 4.62. The number of carboxylic acids is 1. The van der Waals surface area contributed by atoms with Crippen LogP contribution in [-0.4, -0.2) is 28.3 Å². The van der Waals surface area contributed by atoms with Gasteiger partial charge < -0.3 is 26.5 Å². The van der Waals surface area contributed by atoms with Gasteiger partial charge in [0.15, 0.2) is 0 Å². The molecule has 0 spiro atoms. The van der Waals surface area contributed by atoms with Gasteiger partial charge in [-0.2, -0.15) is 5.90 Å². The van der Waals surface area contributed by atoms with Crippen molar-refractivity contribution in [1.82, 2.24) is 0 Å². The molecule has 1 saturated carbocycles. The van der Waals surface area contributed by atoms with Gasteiger partial charge >= 0.3 is 12.1 Å². The Hall–Kier alpha value is -3.10. The number of hydrogen-bond acceptors (Lipinski definition) is 6. The Morgan fingerprint density at radius 3 is 2.31 bits per heavy atom. The molecule has 0 unspecified atom stereocenters. The summed E-state index contributed by atoms with van der Waals surface area (Å²) in [6.45, 7) is 2.30. The Bertz CT molecular complexity index is 906.